The average Bonchev–Trinajstić information content (AvgIpc) is 3.37. The Morgan fingerprint density at radius 3 is 2.35 bits per heavy atom. The van der Waals surface area contributed by atoms with Gasteiger partial charge in [-0.25, -0.2) is 0 Å². The first-order chi connectivity index (χ1) is 17.9. The fraction of sp³-hybridized carbons (Fsp3) is 0.333. The molecule has 0 saturated heterocycles. The van der Waals surface area contributed by atoms with E-state index in [1.807, 2.05) is 60.7 Å². The van der Waals surface area contributed by atoms with Gasteiger partial charge in [0.2, 0.25) is 18.6 Å². The Hall–Kier alpha value is -3.51. The predicted octanol–water partition coefficient (Wildman–Crippen LogP) is 5.41. The summed E-state index contributed by atoms with van der Waals surface area (Å²) in [5.41, 5.74) is 2.89. The fourth-order valence-electron chi connectivity index (χ4n) is 4.25. The normalized spacial score (nSPS) is 12.9. The Kier molecular flexibility index (Phi) is 9.07. The van der Waals surface area contributed by atoms with Crippen molar-refractivity contribution in [3.05, 3.63) is 94.5 Å². The predicted molar refractivity (Wildman–Crippen MR) is 145 cm³/mol. The molecule has 37 heavy (non-hydrogen) atoms. The quantitative estimate of drug-likeness (QED) is 0.367. The zero-order chi connectivity index (χ0) is 26.2. The summed E-state index contributed by atoms with van der Waals surface area (Å²) in [4.78, 5) is 29.0. The van der Waals surface area contributed by atoms with Gasteiger partial charge in [-0.05, 0) is 53.3 Å². The maximum atomic E-state index is 13.8. The van der Waals surface area contributed by atoms with E-state index in [1.54, 1.807) is 17.0 Å². The van der Waals surface area contributed by atoms with Crippen molar-refractivity contribution >= 4 is 23.4 Å². The number of carbonyl (C=O) groups is 2. The van der Waals surface area contributed by atoms with E-state index in [2.05, 4.69) is 19.2 Å². The molecule has 1 aliphatic heterocycles. The average molecular weight is 521 g/mol. The maximum absolute atomic E-state index is 13.8. The third kappa shape index (κ3) is 7.49. The Balaban J connectivity index is 1.58. The summed E-state index contributed by atoms with van der Waals surface area (Å²) in [5.74, 6) is 1.46. The fourth-order valence-corrected chi connectivity index (χ4v) is 4.38. The van der Waals surface area contributed by atoms with Crippen LogP contribution in [-0.2, 0) is 29.0 Å². The smallest absolute Gasteiger partial charge is 0.243 e. The number of nitrogens with zero attached hydrogens (tertiary/aromatic N) is 1. The van der Waals surface area contributed by atoms with Crippen molar-refractivity contribution in [1.82, 2.24) is 10.2 Å². The molecule has 7 heteroatoms. The molecule has 1 atom stereocenters. The summed E-state index contributed by atoms with van der Waals surface area (Å²) in [6, 6.07) is 22.3. The van der Waals surface area contributed by atoms with Gasteiger partial charge >= 0.3 is 0 Å². The number of hydrogen-bond acceptors (Lipinski definition) is 4. The van der Waals surface area contributed by atoms with Crippen molar-refractivity contribution in [3.8, 4) is 11.5 Å². The molecule has 3 aromatic rings. The van der Waals surface area contributed by atoms with Crippen LogP contribution in [0.1, 0.15) is 37.0 Å². The monoisotopic (exact) mass is 520 g/mol. The molecule has 3 aromatic carbocycles. The molecule has 1 N–H and O–H groups in total. The highest BCUT2D eigenvalue weighted by atomic mass is 35.5. The third-order valence-corrected chi connectivity index (χ3v) is 6.54. The van der Waals surface area contributed by atoms with Crippen molar-refractivity contribution in [2.45, 2.75) is 45.7 Å². The number of halogens is 1. The zero-order valence-corrected chi connectivity index (χ0v) is 22.0. The molecular formula is C30H33ClN2O4. The summed E-state index contributed by atoms with van der Waals surface area (Å²) < 4.78 is 10.9. The van der Waals surface area contributed by atoms with Crippen LogP contribution in [0.3, 0.4) is 0 Å². The maximum Gasteiger partial charge on any atom is 0.243 e. The van der Waals surface area contributed by atoms with Crippen LogP contribution in [0.15, 0.2) is 72.8 Å². The first-order valence-corrected chi connectivity index (χ1v) is 13.0. The van der Waals surface area contributed by atoms with Gasteiger partial charge < -0.3 is 19.7 Å². The van der Waals surface area contributed by atoms with E-state index in [0.29, 0.717) is 48.4 Å². The van der Waals surface area contributed by atoms with Crippen molar-refractivity contribution in [2.24, 2.45) is 5.92 Å². The van der Waals surface area contributed by atoms with Crippen LogP contribution >= 0.6 is 11.6 Å². The number of benzene rings is 3. The van der Waals surface area contributed by atoms with Crippen LogP contribution in [0.5, 0.6) is 11.5 Å². The summed E-state index contributed by atoms with van der Waals surface area (Å²) in [5, 5.41) is 3.68. The third-order valence-electron chi connectivity index (χ3n) is 6.29. The van der Waals surface area contributed by atoms with Crippen LogP contribution in [0.2, 0.25) is 5.02 Å². The van der Waals surface area contributed by atoms with E-state index in [0.717, 1.165) is 16.7 Å². The van der Waals surface area contributed by atoms with Gasteiger partial charge in [-0.1, -0.05) is 74.0 Å². The van der Waals surface area contributed by atoms with Gasteiger partial charge in [0, 0.05) is 31.0 Å². The SMILES string of the molecule is CC(C)CNC(=O)[C@@H](Cc1ccccc1)N(Cc1ccc(Cl)cc1)C(=O)CCc1ccc2c(c1)OCO2. The van der Waals surface area contributed by atoms with E-state index >= 15 is 0 Å². The Labute approximate surface area is 223 Å². The Bertz CT molecular complexity index is 1200. The summed E-state index contributed by atoms with van der Waals surface area (Å²) in [6.45, 7) is 5.16. The first-order valence-electron chi connectivity index (χ1n) is 12.6. The molecule has 0 unspecified atom stereocenters. The standard InChI is InChI=1S/C30H33ClN2O4/c1-21(2)18-32-30(35)26(16-22-6-4-3-5-7-22)33(19-24-8-12-25(31)13-9-24)29(34)15-11-23-10-14-27-28(17-23)37-20-36-27/h3-10,12-14,17,21,26H,11,15-16,18-20H2,1-2H3,(H,32,35)/t26-/m1/s1. The molecule has 1 heterocycles. The van der Waals surface area contributed by atoms with E-state index in [-0.39, 0.29) is 25.0 Å². The number of hydrogen-bond donors (Lipinski definition) is 1. The minimum absolute atomic E-state index is 0.0896. The van der Waals surface area contributed by atoms with Crippen LogP contribution in [-0.4, -0.2) is 36.1 Å². The van der Waals surface area contributed by atoms with Gasteiger partial charge in [0.05, 0.1) is 0 Å². The molecule has 0 radical (unpaired) electrons. The number of fused-ring (bicyclic) bond motifs is 1. The zero-order valence-electron chi connectivity index (χ0n) is 21.3. The largest absolute Gasteiger partial charge is 0.454 e. The minimum atomic E-state index is -0.652. The molecule has 0 fully saturated rings. The molecule has 0 aliphatic carbocycles. The first kappa shape index (κ1) is 26.6. The van der Waals surface area contributed by atoms with Crippen LogP contribution in [0.4, 0.5) is 0 Å². The summed E-state index contributed by atoms with van der Waals surface area (Å²) in [7, 11) is 0. The van der Waals surface area contributed by atoms with E-state index in [1.165, 1.54) is 0 Å². The molecule has 2 amide bonds. The number of aryl methyl sites for hydroxylation is 1. The molecule has 0 saturated carbocycles. The number of amides is 2. The second-order valence-electron chi connectivity index (χ2n) is 9.68. The lowest BCUT2D eigenvalue weighted by molar-refractivity contribution is -0.141. The lowest BCUT2D eigenvalue weighted by atomic mass is 10.0. The molecule has 0 aromatic heterocycles. The number of rotatable bonds is 11. The molecule has 6 nitrogen and oxygen atoms in total. The van der Waals surface area contributed by atoms with Crippen LogP contribution in [0, 0.1) is 5.92 Å². The lowest BCUT2D eigenvalue weighted by Gasteiger charge is -2.32. The molecule has 0 bridgehead atoms. The number of ether oxygens (including phenoxy) is 2. The second kappa shape index (κ2) is 12.6. The van der Waals surface area contributed by atoms with Gasteiger partial charge in [-0.3, -0.25) is 9.59 Å². The topological polar surface area (TPSA) is 67.9 Å². The second-order valence-corrected chi connectivity index (χ2v) is 10.1. The van der Waals surface area contributed by atoms with E-state index in [9.17, 15) is 9.59 Å². The van der Waals surface area contributed by atoms with Gasteiger partial charge in [-0.2, -0.15) is 0 Å². The lowest BCUT2D eigenvalue weighted by Crippen LogP contribution is -2.51. The summed E-state index contributed by atoms with van der Waals surface area (Å²) >= 11 is 6.10. The van der Waals surface area contributed by atoms with Gasteiger partial charge in [-0.15, -0.1) is 0 Å². The minimum Gasteiger partial charge on any atom is -0.454 e. The van der Waals surface area contributed by atoms with Crippen molar-refractivity contribution in [2.75, 3.05) is 13.3 Å². The number of nitrogens with one attached hydrogen (secondary N) is 1. The van der Waals surface area contributed by atoms with Gasteiger partial charge in [0.15, 0.2) is 11.5 Å². The highest BCUT2D eigenvalue weighted by molar-refractivity contribution is 6.30. The van der Waals surface area contributed by atoms with Gasteiger partial charge in [0.1, 0.15) is 6.04 Å². The molecule has 4 rings (SSSR count). The van der Waals surface area contributed by atoms with Crippen molar-refractivity contribution < 1.29 is 19.1 Å². The Morgan fingerprint density at radius 1 is 0.919 bits per heavy atom. The Morgan fingerprint density at radius 2 is 1.62 bits per heavy atom. The van der Waals surface area contributed by atoms with E-state index < -0.39 is 6.04 Å². The molecular weight excluding hydrogens is 488 g/mol. The van der Waals surface area contributed by atoms with Crippen molar-refractivity contribution in [1.29, 1.82) is 0 Å². The highest BCUT2D eigenvalue weighted by Gasteiger charge is 2.30. The highest BCUT2D eigenvalue weighted by Crippen LogP contribution is 2.33. The van der Waals surface area contributed by atoms with Gasteiger partial charge in [0.25, 0.3) is 0 Å². The van der Waals surface area contributed by atoms with Crippen molar-refractivity contribution in [3.63, 3.8) is 0 Å². The van der Waals surface area contributed by atoms with E-state index in [4.69, 9.17) is 21.1 Å². The van der Waals surface area contributed by atoms with Crippen LogP contribution in [0.25, 0.3) is 0 Å². The number of carbonyl (C=O) groups excluding carboxylic acids is 2. The molecule has 194 valence electrons. The summed E-state index contributed by atoms with van der Waals surface area (Å²) in [6.07, 6.45) is 1.21. The van der Waals surface area contributed by atoms with Crippen LogP contribution < -0.4 is 14.8 Å². The molecule has 0 spiro atoms. The molecule has 1 aliphatic rings.